The molecule has 0 N–H and O–H groups in total. The monoisotopic (exact) mass is 325 g/mol. The van der Waals surface area contributed by atoms with E-state index >= 15 is 0 Å². The molecule has 0 radical (unpaired) electrons. The van der Waals surface area contributed by atoms with Crippen molar-refractivity contribution in [2.45, 2.75) is 12.2 Å². The fraction of sp³-hybridized carbons (Fsp3) is 0.200. The minimum atomic E-state index is -3.48. The summed E-state index contributed by atoms with van der Waals surface area (Å²) in [6.07, 6.45) is 0.535. The molecule has 1 aliphatic rings. The second kappa shape index (κ2) is 5.31. The number of halogens is 2. The van der Waals surface area contributed by atoms with Gasteiger partial charge in [-0.2, -0.15) is 0 Å². The van der Waals surface area contributed by atoms with E-state index in [1.165, 1.54) is 22.5 Å². The van der Waals surface area contributed by atoms with Crippen LogP contribution in [0, 0.1) is 5.82 Å². The van der Waals surface area contributed by atoms with Crippen molar-refractivity contribution in [2.24, 2.45) is 0 Å². The van der Waals surface area contributed by atoms with Crippen LogP contribution in [0.5, 0.6) is 0 Å². The zero-order chi connectivity index (χ0) is 15.0. The van der Waals surface area contributed by atoms with Gasteiger partial charge in [0.05, 0.1) is 11.4 Å². The zero-order valence-corrected chi connectivity index (χ0v) is 12.7. The predicted octanol–water partition coefficient (Wildman–Crippen LogP) is 3.37. The maximum atomic E-state index is 13.2. The molecule has 2 aromatic carbocycles. The summed E-state index contributed by atoms with van der Waals surface area (Å²) in [5.74, 6) is -0.438. The molecule has 3 rings (SSSR count). The van der Waals surface area contributed by atoms with Crippen LogP contribution >= 0.6 is 11.6 Å². The molecule has 0 fully saturated rings. The van der Waals surface area contributed by atoms with Crippen molar-refractivity contribution in [1.82, 2.24) is 0 Å². The van der Waals surface area contributed by atoms with Crippen molar-refractivity contribution in [1.29, 1.82) is 0 Å². The molecule has 1 aliphatic heterocycles. The average molecular weight is 326 g/mol. The van der Waals surface area contributed by atoms with E-state index < -0.39 is 10.0 Å². The van der Waals surface area contributed by atoms with Gasteiger partial charge < -0.3 is 0 Å². The summed E-state index contributed by atoms with van der Waals surface area (Å²) in [5.41, 5.74) is 1.98. The van der Waals surface area contributed by atoms with Gasteiger partial charge in [-0.05, 0) is 47.9 Å². The van der Waals surface area contributed by atoms with Crippen LogP contribution in [0.4, 0.5) is 10.1 Å². The van der Waals surface area contributed by atoms with Gasteiger partial charge in [-0.1, -0.05) is 23.7 Å². The Morgan fingerprint density at radius 1 is 1.14 bits per heavy atom. The van der Waals surface area contributed by atoms with E-state index in [0.717, 1.165) is 5.56 Å². The first-order valence-corrected chi connectivity index (χ1v) is 8.48. The summed E-state index contributed by atoms with van der Waals surface area (Å²) in [6.45, 7) is 0.356. The van der Waals surface area contributed by atoms with Gasteiger partial charge in [0.25, 0.3) is 0 Å². The van der Waals surface area contributed by atoms with Gasteiger partial charge in [0.1, 0.15) is 5.82 Å². The molecule has 0 saturated heterocycles. The summed E-state index contributed by atoms with van der Waals surface area (Å²) in [4.78, 5) is 0. The lowest BCUT2D eigenvalue weighted by molar-refractivity contribution is 0.591. The molecular formula is C15H13ClFNO2S. The van der Waals surface area contributed by atoms with Gasteiger partial charge >= 0.3 is 0 Å². The Bertz CT molecular complexity index is 775. The predicted molar refractivity (Wildman–Crippen MR) is 81.5 cm³/mol. The quantitative estimate of drug-likeness (QED) is 0.867. The van der Waals surface area contributed by atoms with Crippen molar-refractivity contribution in [3.63, 3.8) is 0 Å². The minimum absolute atomic E-state index is 0.0962. The molecule has 1 heterocycles. The summed E-state index contributed by atoms with van der Waals surface area (Å²) in [7, 11) is -3.48. The van der Waals surface area contributed by atoms with Crippen molar-refractivity contribution in [3.05, 3.63) is 64.4 Å². The number of anilines is 1. The summed E-state index contributed by atoms with van der Waals surface area (Å²) in [5, 5.41) is 0.568. The highest BCUT2D eigenvalue weighted by Gasteiger charge is 2.29. The van der Waals surface area contributed by atoms with E-state index in [-0.39, 0.29) is 11.6 Å². The number of sulfonamides is 1. The molecule has 0 aliphatic carbocycles. The highest BCUT2D eigenvalue weighted by Crippen LogP contribution is 2.32. The van der Waals surface area contributed by atoms with Gasteiger partial charge in [-0.25, -0.2) is 12.8 Å². The molecule has 0 bridgehead atoms. The third-order valence-electron chi connectivity index (χ3n) is 3.49. The molecule has 3 nitrogen and oxygen atoms in total. The second-order valence-corrected chi connectivity index (χ2v) is 7.31. The van der Waals surface area contributed by atoms with E-state index in [1.807, 2.05) is 0 Å². The Morgan fingerprint density at radius 3 is 2.57 bits per heavy atom. The van der Waals surface area contributed by atoms with E-state index in [2.05, 4.69) is 0 Å². The second-order valence-electron chi connectivity index (χ2n) is 4.98. The van der Waals surface area contributed by atoms with Crippen molar-refractivity contribution < 1.29 is 12.8 Å². The average Bonchev–Trinajstić information content (AvgIpc) is 2.85. The lowest BCUT2D eigenvalue weighted by Gasteiger charge is -2.19. The summed E-state index contributed by atoms with van der Waals surface area (Å²) in [6, 6.07) is 10.9. The summed E-state index contributed by atoms with van der Waals surface area (Å²) < 4.78 is 39.6. The third-order valence-corrected chi connectivity index (χ3v) is 5.49. The number of rotatable bonds is 3. The van der Waals surface area contributed by atoms with Gasteiger partial charge in [-0.3, -0.25) is 4.31 Å². The van der Waals surface area contributed by atoms with Crippen LogP contribution in [0.3, 0.4) is 0 Å². The van der Waals surface area contributed by atoms with Crippen LogP contribution in [0.15, 0.2) is 42.5 Å². The first-order chi connectivity index (χ1) is 9.95. The van der Waals surface area contributed by atoms with Gasteiger partial charge in [0.15, 0.2) is 0 Å². The van der Waals surface area contributed by atoms with E-state index in [1.54, 1.807) is 24.3 Å². The van der Waals surface area contributed by atoms with Crippen LogP contribution in [0.1, 0.15) is 11.1 Å². The van der Waals surface area contributed by atoms with E-state index in [4.69, 9.17) is 11.6 Å². The Morgan fingerprint density at radius 2 is 1.86 bits per heavy atom. The molecule has 110 valence electrons. The van der Waals surface area contributed by atoms with E-state index in [9.17, 15) is 12.8 Å². The molecule has 6 heteroatoms. The first-order valence-electron chi connectivity index (χ1n) is 6.49. The largest absolute Gasteiger partial charge is 0.269 e. The fourth-order valence-electron chi connectivity index (χ4n) is 2.50. The fourth-order valence-corrected chi connectivity index (χ4v) is 4.24. The summed E-state index contributed by atoms with van der Waals surface area (Å²) >= 11 is 5.80. The normalized spacial score (nSPS) is 14.3. The van der Waals surface area contributed by atoms with Crippen LogP contribution < -0.4 is 4.31 Å². The van der Waals surface area contributed by atoms with Crippen molar-refractivity contribution in [2.75, 3.05) is 10.8 Å². The Labute approximate surface area is 128 Å². The molecule has 21 heavy (non-hydrogen) atoms. The standard InChI is InChI=1S/C15H13ClFNO2S/c16-13-3-1-11(2-4-13)10-21(19,20)18-8-7-12-9-14(17)5-6-15(12)18/h1-6,9H,7-8,10H2. The number of fused-ring (bicyclic) bond motifs is 1. The van der Waals surface area contributed by atoms with Crippen LogP contribution in [-0.2, 0) is 22.2 Å². The highest BCUT2D eigenvalue weighted by atomic mass is 35.5. The molecular weight excluding hydrogens is 313 g/mol. The highest BCUT2D eigenvalue weighted by molar-refractivity contribution is 7.92. The van der Waals surface area contributed by atoms with Crippen LogP contribution in [0.2, 0.25) is 5.02 Å². The molecule has 2 aromatic rings. The Kier molecular flexibility index (Phi) is 3.63. The number of hydrogen-bond acceptors (Lipinski definition) is 2. The SMILES string of the molecule is O=S(=O)(Cc1ccc(Cl)cc1)N1CCc2cc(F)ccc21. The lowest BCUT2D eigenvalue weighted by atomic mass is 10.2. The van der Waals surface area contributed by atoms with Gasteiger partial charge in [0.2, 0.25) is 10.0 Å². The molecule has 0 saturated carbocycles. The van der Waals surface area contributed by atoms with Crippen molar-refractivity contribution in [3.8, 4) is 0 Å². The van der Waals surface area contributed by atoms with E-state index in [0.29, 0.717) is 29.2 Å². The van der Waals surface area contributed by atoms with Gasteiger partial charge in [-0.15, -0.1) is 0 Å². The lowest BCUT2D eigenvalue weighted by Crippen LogP contribution is -2.30. The Balaban J connectivity index is 1.89. The molecule has 0 aromatic heterocycles. The molecule has 0 unspecified atom stereocenters. The minimum Gasteiger partial charge on any atom is -0.269 e. The first kappa shape index (κ1) is 14.4. The molecule has 0 amide bonds. The molecule has 0 spiro atoms. The van der Waals surface area contributed by atoms with Crippen LogP contribution in [-0.4, -0.2) is 15.0 Å². The maximum Gasteiger partial charge on any atom is 0.239 e. The number of hydrogen-bond donors (Lipinski definition) is 0. The number of nitrogens with zero attached hydrogens (tertiary/aromatic N) is 1. The zero-order valence-electron chi connectivity index (χ0n) is 11.1. The third kappa shape index (κ3) is 2.89. The number of benzene rings is 2. The Hall–Kier alpha value is -1.59. The smallest absolute Gasteiger partial charge is 0.239 e. The maximum absolute atomic E-state index is 13.2. The van der Waals surface area contributed by atoms with Crippen molar-refractivity contribution >= 4 is 27.3 Å². The topological polar surface area (TPSA) is 37.4 Å². The molecule has 0 atom stereocenters. The van der Waals surface area contributed by atoms with Gasteiger partial charge in [0, 0.05) is 11.6 Å². The van der Waals surface area contributed by atoms with Crippen LogP contribution in [0.25, 0.3) is 0 Å².